The first kappa shape index (κ1) is 35.0. The summed E-state index contributed by atoms with van der Waals surface area (Å²) in [4.78, 5) is 24.9. The molecule has 0 saturated carbocycles. The SMILES string of the molecule is C=NC(=NC=NC(/C=C/C(C)O)=C/C=N)c1ccc(O[C@H]2CCN(C(=O)CO)C[C@H]2F)c(C#N)c1.CC.CN. The molecular formula is C27H38FN7O4. The minimum absolute atomic E-state index is 0.140. The maximum Gasteiger partial charge on any atom is 0.248 e. The summed E-state index contributed by atoms with van der Waals surface area (Å²) in [5, 5.41) is 35.1. The second-order valence-electron chi connectivity index (χ2n) is 7.49. The number of benzene rings is 1. The van der Waals surface area contributed by atoms with Crippen molar-refractivity contribution in [1.82, 2.24) is 4.90 Å². The lowest BCUT2D eigenvalue weighted by Gasteiger charge is -2.34. The fourth-order valence-electron chi connectivity index (χ4n) is 3.19. The minimum Gasteiger partial charge on any atom is -0.486 e. The van der Waals surface area contributed by atoms with Crippen molar-refractivity contribution in [3.05, 3.63) is 53.3 Å². The number of amides is 1. The Morgan fingerprint density at radius 3 is 2.67 bits per heavy atom. The molecule has 12 heteroatoms. The number of ether oxygens (including phenoxy) is 1. The molecule has 0 aliphatic carbocycles. The summed E-state index contributed by atoms with van der Waals surface area (Å²) in [5.74, 6) is -0.188. The van der Waals surface area contributed by atoms with Crippen LogP contribution in [0.3, 0.4) is 0 Å². The predicted octanol–water partition coefficient (Wildman–Crippen LogP) is 2.42. The molecule has 1 amide bonds. The lowest BCUT2D eigenvalue weighted by atomic mass is 10.0. The first-order chi connectivity index (χ1) is 18.8. The van der Waals surface area contributed by atoms with Gasteiger partial charge in [0.1, 0.15) is 30.9 Å². The average molecular weight is 544 g/mol. The minimum atomic E-state index is -1.47. The highest BCUT2D eigenvalue weighted by molar-refractivity contribution is 6.05. The van der Waals surface area contributed by atoms with Gasteiger partial charge in [-0.25, -0.2) is 19.4 Å². The van der Waals surface area contributed by atoms with Crippen LogP contribution in [0.25, 0.3) is 0 Å². The molecule has 212 valence electrons. The Bertz CT molecular complexity index is 1090. The molecule has 1 aromatic rings. The maximum absolute atomic E-state index is 14.6. The van der Waals surface area contributed by atoms with Crippen molar-refractivity contribution in [2.75, 3.05) is 26.7 Å². The number of rotatable bonds is 9. The molecule has 0 bridgehead atoms. The van der Waals surface area contributed by atoms with Crippen molar-refractivity contribution >= 4 is 31.0 Å². The van der Waals surface area contributed by atoms with E-state index in [0.717, 1.165) is 6.21 Å². The van der Waals surface area contributed by atoms with Gasteiger partial charge in [0.2, 0.25) is 5.91 Å². The molecule has 5 N–H and O–H groups in total. The third-order valence-electron chi connectivity index (χ3n) is 4.94. The maximum atomic E-state index is 14.6. The predicted molar refractivity (Wildman–Crippen MR) is 152 cm³/mol. The van der Waals surface area contributed by atoms with Gasteiger partial charge in [0, 0.05) is 24.7 Å². The Balaban J connectivity index is 0.00000344. The van der Waals surface area contributed by atoms with E-state index in [1.807, 2.05) is 19.9 Å². The van der Waals surface area contributed by atoms with Gasteiger partial charge in [-0.15, -0.1) is 0 Å². The number of halogens is 1. The highest BCUT2D eigenvalue weighted by atomic mass is 19.1. The number of hydrogen-bond acceptors (Lipinski definition) is 8. The van der Waals surface area contributed by atoms with Crippen molar-refractivity contribution in [2.24, 2.45) is 20.7 Å². The number of aliphatic hydroxyl groups excluding tert-OH is 2. The summed E-state index contributed by atoms with van der Waals surface area (Å²) < 4.78 is 20.3. The van der Waals surface area contributed by atoms with Gasteiger partial charge >= 0.3 is 0 Å². The number of aliphatic hydroxyl groups is 2. The number of nitriles is 1. The van der Waals surface area contributed by atoms with Crippen molar-refractivity contribution in [2.45, 2.75) is 45.6 Å². The number of piperidine rings is 1. The van der Waals surface area contributed by atoms with Crippen LogP contribution in [-0.2, 0) is 4.79 Å². The van der Waals surface area contributed by atoms with Gasteiger partial charge in [0.15, 0.2) is 12.0 Å². The molecule has 1 saturated heterocycles. The number of hydrogen-bond donors (Lipinski definition) is 4. The summed E-state index contributed by atoms with van der Waals surface area (Å²) in [6, 6.07) is 6.60. The quantitative estimate of drug-likeness (QED) is 0.211. The molecule has 1 unspecified atom stereocenters. The van der Waals surface area contributed by atoms with E-state index >= 15 is 0 Å². The number of nitrogens with two attached hydrogens (primary N) is 1. The highest BCUT2D eigenvalue weighted by Gasteiger charge is 2.33. The van der Waals surface area contributed by atoms with Gasteiger partial charge in [0.05, 0.1) is 23.9 Å². The second-order valence-corrected chi connectivity index (χ2v) is 7.49. The van der Waals surface area contributed by atoms with E-state index in [1.54, 1.807) is 13.0 Å². The number of aliphatic imine (C=N–C) groups is 3. The number of alkyl halides is 1. The van der Waals surface area contributed by atoms with Crippen LogP contribution in [0.1, 0.15) is 38.3 Å². The number of amidine groups is 1. The summed E-state index contributed by atoms with van der Waals surface area (Å²) in [6.45, 7) is 8.43. The van der Waals surface area contributed by atoms with E-state index < -0.39 is 30.9 Å². The average Bonchev–Trinajstić information content (AvgIpc) is 2.96. The van der Waals surface area contributed by atoms with Crippen LogP contribution in [0, 0.1) is 16.7 Å². The third-order valence-corrected chi connectivity index (χ3v) is 4.94. The summed E-state index contributed by atoms with van der Waals surface area (Å²) in [5.41, 5.74) is 5.47. The Morgan fingerprint density at radius 1 is 1.44 bits per heavy atom. The lowest BCUT2D eigenvalue weighted by molar-refractivity contribution is -0.138. The molecule has 1 fully saturated rings. The van der Waals surface area contributed by atoms with E-state index in [4.69, 9.17) is 15.3 Å². The zero-order valence-electron chi connectivity index (χ0n) is 22.8. The molecule has 11 nitrogen and oxygen atoms in total. The van der Waals surface area contributed by atoms with Crippen LogP contribution < -0.4 is 10.5 Å². The van der Waals surface area contributed by atoms with E-state index in [0.29, 0.717) is 11.3 Å². The number of carbonyl (C=O) groups excluding carboxylic acids is 1. The third kappa shape index (κ3) is 11.9. The van der Waals surface area contributed by atoms with Crippen molar-refractivity contribution in [3.8, 4) is 11.8 Å². The van der Waals surface area contributed by atoms with Gasteiger partial charge in [0.25, 0.3) is 0 Å². The van der Waals surface area contributed by atoms with E-state index in [1.165, 1.54) is 48.6 Å². The van der Waals surface area contributed by atoms with Crippen molar-refractivity contribution < 1.29 is 24.1 Å². The molecule has 1 heterocycles. The van der Waals surface area contributed by atoms with Crippen LogP contribution in [-0.4, -0.2) is 91.3 Å². The molecule has 1 aliphatic heterocycles. The van der Waals surface area contributed by atoms with Crippen LogP contribution >= 0.6 is 0 Å². The Hall–Kier alpha value is -4.05. The normalized spacial score (nSPS) is 18.3. The van der Waals surface area contributed by atoms with Crippen LogP contribution in [0.2, 0.25) is 0 Å². The molecule has 0 aromatic heterocycles. The van der Waals surface area contributed by atoms with E-state index in [9.17, 15) is 19.6 Å². The van der Waals surface area contributed by atoms with E-state index in [2.05, 4.69) is 27.4 Å². The fourth-order valence-corrected chi connectivity index (χ4v) is 3.19. The molecule has 39 heavy (non-hydrogen) atoms. The Labute approximate surface area is 229 Å². The smallest absolute Gasteiger partial charge is 0.248 e. The fraction of sp³-hybridized carbons (Fsp3) is 0.407. The molecule has 0 spiro atoms. The molecule has 1 aliphatic rings. The first-order valence-electron chi connectivity index (χ1n) is 12.3. The monoisotopic (exact) mass is 543 g/mol. The summed E-state index contributed by atoms with van der Waals surface area (Å²) in [7, 11) is 1.50. The number of likely N-dealkylation sites (tertiary alicyclic amines) is 1. The standard InChI is InChI=1S/C24H27FN6O4.C2H6.CH5N/c1-16(33)3-5-19(7-9-26)29-15-30-24(28-2)17-4-6-21(18(11-17)12-27)35-22-8-10-31(13-20(22)25)23(34)14-32;2*1-2/h3-7,9,11,15-16,20,22,26,32-33H,2,8,10,13-14H2,1H3;1-2H3;2H2,1H3/b5-3+,19-7+,26-9?,29-15?,30-24?;;/t16?,20-,22+;;/m1../s1. The van der Waals surface area contributed by atoms with Gasteiger partial charge in [-0.05, 0) is 51.0 Å². The van der Waals surface area contributed by atoms with Crippen LogP contribution in [0.5, 0.6) is 5.75 Å². The van der Waals surface area contributed by atoms with Crippen molar-refractivity contribution in [3.63, 3.8) is 0 Å². The molecular weight excluding hydrogens is 505 g/mol. The number of nitrogens with zero attached hydrogens (tertiary/aromatic N) is 5. The lowest BCUT2D eigenvalue weighted by Crippen LogP contribution is -2.50. The second kappa shape index (κ2) is 20.0. The molecule has 3 atom stereocenters. The Kier molecular flexibility index (Phi) is 17.9. The van der Waals surface area contributed by atoms with Crippen molar-refractivity contribution in [1.29, 1.82) is 10.7 Å². The van der Waals surface area contributed by atoms with Gasteiger partial charge < -0.3 is 31.0 Å². The zero-order chi connectivity index (χ0) is 29.8. The topological polar surface area (TPSA) is 181 Å². The summed E-state index contributed by atoms with van der Waals surface area (Å²) in [6.07, 6.45) is 3.91. The highest BCUT2D eigenvalue weighted by Crippen LogP contribution is 2.26. The number of nitrogens with one attached hydrogen (secondary N) is 1. The number of allylic oxidation sites excluding steroid dienone is 2. The first-order valence-corrected chi connectivity index (χ1v) is 12.3. The van der Waals surface area contributed by atoms with Crippen LogP contribution in [0.15, 0.2) is 57.1 Å². The number of carbonyl (C=O) groups is 1. The van der Waals surface area contributed by atoms with E-state index in [-0.39, 0.29) is 36.7 Å². The zero-order valence-corrected chi connectivity index (χ0v) is 22.8. The Morgan fingerprint density at radius 2 is 2.13 bits per heavy atom. The molecule has 2 rings (SSSR count). The molecule has 0 radical (unpaired) electrons. The summed E-state index contributed by atoms with van der Waals surface area (Å²) >= 11 is 0. The van der Waals surface area contributed by atoms with Gasteiger partial charge in [-0.3, -0.25) is 4.79 Å². The van der Waals surface area contributed by atoms with Gasteiger partial charge in [-0.2, -0.15) is 5.26 Å². The van der Waals surface area contributed by atoms with Crippen LogP contribution in [0.4, 0.5) is 4.39 Å². The molecule has 1 aromatic carbocycles. The largest absolute Gasteiger partial charge is 0.486 e. The van der Waals surface area contributed by atoms with Gasteiger partial charge in [-0.1, -0.05) is 19.9 Å².